The van der Waals surface area contributed by atoms with Crippen LogP contribution >= 0.6 is 34.3 Å². The molecule has 0 saturated heterocycles. The quantitative estimate of drug-likeness (QED) is 0.668. The third-order valence-electron chi connectivity index (χ3n) is 3.33. The van der Waals surface area contributed by atoms with Gasteiger partial charge in [0.05, 0.1) is 5.69 Å². The molecule has 0 amide bonds. The molecule has 104 valence electrons. The van der Waals surface area contributed by atoms with Crippen molar-refractivity contribution in [2.75, 3.05) is 5.73 Å². The van der Waals surface area contributed by atoms with E-state index in [9.17, 15) is 5.26 Å². The third kappa shape index (κ3) is 2.34. The van der Waals surface area contributed by atoms with Crippen molar-refractivity contribution in [1.29, 1.82) is 5.26 Å². The molecule has 2 nitrogen and oxygen atoms in total. The van der Waals surface area contributed by atoms with Crippen LogP contribution in [0.5, 0.6) is 0 Å². The normalized spacial score (nSPS) is 10.5. The van der Waals surface area contributed by atoms with Crippen LogP contribution in [-0.4, -0.2) is 0 Å². The molecule has 3 aromatic rings. The van der Waals surface area contributed by atoms with Crippen molar-refractivity contribution in [3.05, 3.63) is 51.2 Å². The summed E-state index contributed by atoms with van der Waals surface area (Å²) in [5, 5.41) is 12.0. The molecule has 2 heterocycles. The second-order valence-electron chi connectivity index (χ2n) is 4.55. The number of nitrogens with two attached hydrogens (primary N) is 1. The van der Waals surface area contributed by atoms with Crippen molar-refractivity contribution < 1.29 is 0 Å². The fraction of sp³-hybridized carbons (Fsp3) is 0.0625. The first-order chi connectivity index (χ1) is 10.1. The maximum Gasteiger partial charge on any atom is 0.129 e. The SMILES string of the molecule is Cc1c(Cl)cccc1-c1sc(C#N)c(N)c1-c1cccs1. The zero-order valence-electron chi connectivity index (χ0n) is 11.2. The van der Waals surface area contributed by atoms with E-state index in [-0.39, 0.29) is 0 Å². The summed E-state index contributed by atoms with van der Waals surface area (Å²) < 4.78 is 0. The first-order valence-corrected chi connectivity index (χ1v) is 8.32. The number of nitrogens with zero attached hydrogens (tertiary/aromatic N) is 1. The van der Waals surface area contributed by atoms with Gasteiger partial charge in [-0.3, -0.25) is 0 Å². The monoisotopic (exact) mass is 330 g/mol. The summed E-state index contributed by atoms with van der Waals surface area (Å²) in [6, 6.07) is 12.0. The van der Waals surface area contributed by atoms with E-state index in [1.807, 2.05) is 42.6 Å². The molecule has 21 heavy (non-hydrogen) atoms. The highest BCUT2D eigenvalue weighted by atomic mass is 35.5. The lowest BCUT2D eigenvalue weighted by Crippen LogP contribution is -1.89. The van der Waals surface area contributed by atoms with Gasteiger partial charge in [0.1, 0.15) is 10.9 Å². The van der Waals surface area contributed by atoms with E-state index in [2.05, 4.69) is 6.07 Å². The molecule has 0 aliphatic rings. The van der Waals surface area contributed by atoms with Gasteiger partial charge in [-0.1, -0.05) is 29.8 Å². The van der Waals surface area contributed by atoms with Crippen molar-refractivity contribution in [2.45, 2.75) is 6.92 Å². The van der Waals surface area contributed by atoms with Gasteiger partial charge in [-0.15, -0.1) is 22.7 Å². The summed E-state index contributed by atoms with van der Waals surface area (Å²) >= 11 is 9.27. The average molecular weight is 331 g/mol. The lowest BCUT2D eigenvalue weighted by Gasteiger charge is -2.08. The predicted octanol–water partition coefficient (Wildman–Crippen LogP) is 5.56. The molecule has 2 N–H and O–H groups in total. The van der Waals surface area contributed by atoms with Gasteiger partial charge in [0.2, 0.25) is 0 Å². The van der Waals surface area contributed by atoms with Crippen LogP contribution in [0.4, 0.5) is 5.69 Å². The molecule has 0 saturated carbocycles. The predicted molar refractivity (Wildman–Crippen MR) is 91.9 cm³/mol. The van der Waals surface area contributed by atoms with Crippen LogP contribution in [0.1, 0.15) is 10.4 Å². The second kappa shape index (κ2) is 5.53. The van der Waals surface area contributed by atoms with Crippen molar-refractivity contribution in [3.8, 4) is 27.0 Å². The number of nitrogen functional groups attached to an aromatic ring is 1. The first-order valence-electron chi connectivity index (χ1n) is 6.25. The molecule has 0 atom stereocenters. The van der Waals surface area contributed by atoms with Gasteiger partial charge in [-0.25, -0.2) is 0 Å². The van der Waals surface area contributed by atoms with E-state index in [1.165, 1.54) is 11.3 Å². The number of thiophene rings is 2. The number of anilines is 1. The van der Waals surface area contributed by atoms with Gasteiger partial charge in [0.15, 0.2) is 0 Å². The third-order valence-corrected chi connectivity index (χ3v) is 5.77. The standard InChI is InChI=1S/C16H11ClN2S2/c1-9-10(4-2-5-11(9)17)16-14(12-6-3-7-20-12)15(19)13(8-18)21-16/h2-7H,19H2,1H3. The molecule has 0 bridgehead atoms. The lowest BCUT2D eigenvalue weighted by molar-refractivity contribution is 1.48. The van der Waals surface area contributed by atoms with Crippen LogP contribution in [0.25, 0.3) is 20.9 Å². The minimum Gasteiger partial charge on any atom is -0.396 e. The molecule has 0 aliphatic heterocycles. The van der Waals surface area contributed by atoms with E-state index < -0.39 is 0 Å². The van der Waals surface area contributed by atoms with Gasteiger partial charge >= 0.3 is 0 Å². The van der Waals surface area contributed by atoms with Crippen molar-refractivity contribution >= 4 is 40.0 Å². The average Bonchev–Trinajstić information content (AvgIpc) is 3.09. The van der Waals surface area contributed by atoms with Crippen LogP contribution < -0.4 is 5.73 Å². The van der Waals surface area contributed by atoms with Crippen LogP contribution in [-0.2, 0) is 0 Å². The number of rotatable bonds is 2. The number of hydrogen-bond donors (Lipinski definition) is 1. The summed E-state index contributed by atoms with van der Waals surface area (Å²) in [5.74, 6) is 0. The highest BCUT2D eigenvalue weighted by molar-refractivity contribution is 7.19. The molecule has 1 aromatic carbocycles. The Morgan fingerprint density at radius 2 is 2.05 bits per heavy atom. The topological polar surface area (TPSA) is 49.8 Å². The lowest BCUT2D eigenvalue weighted by atomic mass is 10.0. The van der Waals surface area contributed by atoms with Crippen LogP contribution in [0.15, 0.2) is 35.7 Å². The molecule has 2 aromatic heterocycles. The summed E-state index contributed by atoms with van der Waals surface area (Å²) in [6.07, 6.45) is 0. The fourth-order valence-electron chi connectivity index (χ4n) is 2.24. The zero-order valence-corrected chi connectivity index (χ0v) is 13.6. The molecule has 0 radical (unpaired) electrons. The van der Waals surface area contributed by atoms with E-state index in [0.29, 0.717) is 10.6 Å². The Balaban J connectivity index is 2.33. The second-order valence-corrected chi connectivity index (χ2v) is 6.93. The Morgan fingerprint density at radius 1 is 1.24 bits per heavy atom. The Labute approximate surface area is 136 Å². The fourth-order valence-corrected chi connectivity index (χ4v) is 4.38. The largest absolute Gasteiger partial charge is 0.396 e. The van der Waals surface area contributed by atoms with Crippen molar-refractivity contribution in [1.82, 2.24) is 0 Å². The number of halogens is 1. The zero-order chi connectivity index (χ0) is 15.0. The Hall–Kier alpha value is -1.80. The van der Waals surface area contributed by atoms with Gasteiger partial charge in [0, 0.05) is 20.3 Å². The maximum absolute atomic E-state index is 9.28. The number of hydrogen-bond acceptors (Lipinski definition) is 4. The van der Waals surface area contributed by atoms with E-state index in [4.69, 9.17) is 17.3 Å². The van der Waals surface area contributed by atoms with Crippen LogP contribution in [0.2, 0.25) is 5.02 Å². The van der Waals surface area contributed by atoms with Crippen LogP contribution in [0.3, 0.4) is 0 Å². The Bertz CT molecular complexity index is 842. The van der Waals surface area contributed by atoms with Crippen LogP contribution in [0, 0.1) is 18.3 Å². The van der Waals surface area contributed by atoms with Gasteiger partial charge in [-0.2, -0.15) is 5.26 Å². The van der Waals surface area contributed by atoms with E-state index in [0.717, 1.165) is 31.5 Å². The van der Waals surface area contributed by atoms with Gasteiger partial charge in [0.25, 0.3) is 0 Å². The molecule has 0 spiro atoms. The molecule has 5 heteroatoms. The highest BCUT2D eigenvalue weighted by Crippen LogP contribution is 2.47. The number of benzene rings is 1. The molecule has 0 aliphatic carbocycles. The molecule has 0 fully saturated rings. The smallest absolute Gasteiger partial charge is 0.129 e. The van der Waals surface area contributed by atoms with E-state index in [1.54, 1.807) is 11.3 Å². The minimum absolute atomic E-state index is 0.549. The number of nitriles is 1. The molecule has 3 rings (SSSR count). The minimum atomic E-state index is 0.549. The first kappa shape index (κ1) is 14.2. The Kier molecular flexibility index (Phi) is 3.73. The summed E-state index contributed by atoms with van der Waals surface area (Å²) in [5.41, 5.74) is 9.72. The molecular weight excluding hydrogens is 320 g/mol. The van der Waals surface area contributed by atoms with Crippen molar-refractivity contribution in [3.63, 3.8) is 0 Å². The van der Waals surface area contributed by atoms with Gasteiger partial charge in [-0.05, 0) is 35.6 Å². The van der Waals surface area contributed by atoms with Crippen molar-refractivity contribution in [2.24, 2.45) is 0 Å². The summed E-state index contributed by atoms with van der Waals surface area (Å²) in [7, 11) is 0. The highest BCUT2D eigenvalue weighted by Gasteiger charge is 2.21. The molecular formula is C16H11ClN2S2. The summed E-state index contributed by atoms with van der Waals surface area (Å²) in [6.45, 7) is 1.98. The Morgan fingerprint density at radius 3 is 2.71 bits per heavy atom. The maximum atomic E-state index is 9.28. The molecule has 0 unspecified atom stereocenters. The van der Waals surface area contributed by atoms with Gasteiger partial charge < -0.3 is 5.73 Å². The summed E-state index contributed by atoms with van der Waals surface area (Å²) in [4.78, 5) is 2.62. The van der Waals surface area contributed by atoms with E-state index >= 15 is 0 Å².